The fourth-order valence-electron chi connectivity index (χ4n) is 0.979. The molecule has 0 unspecified atom stereocenters. The third kappa shape index (κ3) is 2.02. The molecule has 0 amide bonds. The summed E-state index contributed by atoms with van der Waals surface area (Å²) in [5, 5.41) is 2.03. The lowest BCUT2D eigenvalue weighted by Crippen LogP contribution is -2.23. The average Bonchev–Trinajstić information content (AvgIpc) is 2.09. The molecule has 64 valence electrons. The zero-order valence-electron chi connectivity index (χ0n) is 7.28. The first-order valence-electron chi connectivity index (χ1n) is 3.69. The maximum atomic E-state index is 4.91. The Labute approximate surface area is 71.7 Å². The third-order valence-electron chi connectivity index (χ3n) is 1.49. The van der Waals surface area contributed by atoms with Crippen LogP contribution in [-0.4, -0.2) is 14.2 Å². The molecule has 1 aromatic carbocycles. The van der Waals surface area contributed by atoms with Crippen molar-refractivity contribution in [3.8, 4) is 0 Å². The summed E-state index contributed by atoms with van der Waals surface area (Å²) in [6, 6.07) is 7.85. The number of hydrogen-bond donors (Lipinski definition) is 0. The van der Waals surface area contributed by atoms with E-state index in [1.807, 2.05) is 24.3 Å². The molecular formula is C10H12O2. The number of benzene rings is 1. The lowest BCUT2D eigenvalue weighted by molar-refractivity contribution is 0.386. The summed E-state index contributed by atoms with van der Waals surface area (Å²) in [7, 11) is 3.26. The fourth-order valence-corrected chi connectivity index (χ4v) is 0.979. The van der Waals surface area contributed by atoms with E-state index in [2.05, 4.69) is 0 Å². The molecule has 2 nitrogen and oxygen atoms in total. The molecule has 0 radical (unpaired) electrons. The van der Waals surface area contributed by atoms with Crippen LogP contribution in [0, 0.1) is 0 Å². The van der Waals surface area contributed by atoms with Gasteiger partial charge in [0.15, 0.2) is 0 Å². The monoisotopic (exact) mass is 164 g/mol. The zero-order valence-corrected chi connectivity index (χ0v) is 7.28. The fraction of sp³-hybridized carbons (Fsp3) is 0.200. The highest BCUT2D eigenvalue weighted by atomic mass is 16.5. The van der Waals surface area contributed by atoms with E-state index in [-0.39, 0.29) is 0 Å². The summed E-state index contributed by atoms with van der Waals surface area (Å²) in [4.78, 5) is 0. The Bertz CT molecular complexity index is 306. The van der Waals surface area contributed by atoms with Gasteiger partial charge in [0.05, 0.1) is 26.7 Å². The van der Waals surface area contributed by atoms with E-state index in [1.54, 1.807) is 26.7 Å². The second-order valence-corrected chi connectivity index (χ2v) is 2.34. The first kappa shape index (κ1) is 8.65. The Kier molecular flexibility index (Phi) is 3.20. The summed E-state index contributed by atoms with van der Waals surface area (Å²) in [5.41, 5.74) is 0. The molecule has 0 saturated heterocycles. The smallest absolute Gasteiger partial charge is 0.0904 e. The van der Waals surface area contributed by atoms with Crippen LogP contribution in [0.1, 0.15) is 0 Å². The second kappa shape index (κ2) is 4.44. The second-order valence-electron chi connectivity index (χ2n) is 2.34. The molecule has 0 fully saturated rings. The summed E-state index contributed by atoms with van der Waals surface area (Å²) in [5.74, 6) is 0. The molecule has 0 spiro atoms. The van der Waals surface area contributed by atoms with Crippen molar-refractivity contribution < 1.29 is 9.47 Å². The number of rotatable bonds is 2. The van der Waals surface area contributed by atoms with Gasteiger partial charge in [-0.15, -0.1) is 0 Å². The van der Waals surface area contributed by atoms with Crippen molar-refractivity contribution in [2.45, 2.75) is 0 Å². The molecular weight excluding hydrogens is 152 g/mol. The van der Waals surface area contributed by atoms with Crippen LogP contribution in [-0.2, 0) is 9.47 Å². The Hall–Kier alpha value is -1.44. The molecule has 2 heteroatoms. The van der Waals surface area contributed by atoms with Crippen LogP contribution in [0.25, 0.3) is 12.5 Å². The van der Waals surface area contributed by atoms with Gasteiger partial charge in [-0.3, -0.25) is 0 Å². The number of methoxy groups -OCH3 is 2. The highest BCUT2D eigenvalue weighted by molar-refractivity contribution is 5.24. The standard InChI is InChI=1S/C10H12O2/c1-11-7-9-5-3-4-6-10(9)8-12-2/h3-8H,1-2H3. The predicted molar refractivity (Wildman–Crippen MR) is 48.6 cm³/mol. The normalized spacial score (nSPS) is 13.2. The van der Waals surface area contributed by atoms with Crippen LogP contribution in [0.2, 0.25) is 0 Å². The van der Waals surface area contributed by atoms with Crippen LogP contribution in [0.15, 0.2) is 24.3 Å². The molecule has 0 aliphatic carbocycles. The van der Waals surface area contributed by atoms with Gasteiger partial charge in [-0.1, -0.05) is 24.3 Å². The maximum absolute atomic E-state index is 4.91. The van der Waals surface area contributed by atoms with Gasteiger partial charge in [-0.2, -0.15) is 0 Å². The quantitative estimate of drug-likeness (QED) is 0.632. The Morgan fingerprint density at radius 1 is 0.917 bits per heavy atom. The molecule has 0 bridgehead atoms. The van der Waals surface area contributed by atoms with E-state index in [0.29, 0.717) is 0 Å². The summed E-state index contributed by atoms with van der Waals surface area (Å²) < 4.78 is 9.83. The highest BCUT2D eigenvalue weighted by Crippen LogP contribution is 1.73. The third-order valence-corrected chi connectivity index (χ3v) is 1.49. The van der Waals surface area contributed by atoms with Crippen LogP contribution in [0.4, 0.5) is 0 Å². The van der Waals surface area contributed by atoms with E-state index >= 15 is 0 Å². The van der Waals surface area contributed by atoms with Gasteiger partial charge in [-0.25, -0.2) is 0 Å². The lowest BCUT2D eigenvalue weighted by Gasteiger charge is -1.91. The summed E-state index contributed by atoms with van der Waals surface area (Å²) in [6.45, 7) is 0. The first-order chi connectivity index (χ1) is 5.88. The van der Waals surface area contributed by atoms with Gasteiger partial charge in [0, 0.05) is 10.4 Å². The molecule has 0 N–H and O–H groups in total. The first-order valence-corrected chi connectivity index (χ1v) is 3.69. The van der Waals surface area contributed by atoms with Crippen molar-refractivity contribution in [2.75, 3.05) is 14.2 Å². The van der Waals surface area contributed by atoms with Crippen molar-refractivity contribution in [3.63, 3.8) is 0 Å². The Morgan fingerprint density at radius 2 is 1.33 bits per heavy atom. The molecule has 0 saturated carbocycles. The van der Waals surface area contributed by atoms with Gasteiger partial charge in [0.1, 0.15) is 0 Å². The maximum Gasteiger partial charge on any atom is 0.0904 e. The molecule has 12 heavy (non-hydrogen) atoms. The minimum absolute atomic E-state index is 1.02. The largest absolute Gasteiger partial charge is 0.504 e. The summed E-state index contributed by atoms with van der Waals surface area (Å²) in [6.07, 6.45) is 3.37. The Balaban J connectivity index is 3.28. The van der Waals surface area contributed by atoms with Gasteiger partial charge in [-0.05, 0) is 0 Å². The number of ether oxygens (including phenoxy) is 2. The van der Waals surface area contributed by atoms with Crippen molar-refractivity contribution in [1.29, 1.82) is 0 Å². The van der Waals surface area contributed by atoms with Crippen molar-refractivity contribution in [3.05, 3.63) is 34.7 Å². The molecule has 0 atom stereocenters. The topological polar surface area (TPSA) is 18.5 Å². The average molecular weight is 164 g/mol. The van der Waals surface area contributed by atoms with Gasteiger partial charge < -0.3 is 9.47 Å². The lowest BCUT2D eigenvalue weighted by atomic mass is 10.2. The molecule has 1 aromatic rings. The van der Waals surface area contributed by atoms with Crippen LogP contribution < -0.4 is 10.4 Å². The van der Waals surface area contributed by atoms with Crippen molar-refractivity contribution in [1.82, 2.24) is 0 Å². The van der Waals surface area contributed by atoms with Gasteiger partial charge in [0.25, 0.3) is 0 Å². The van der Waals surface area contributed by atoms with E-state index in [1.165, 1.54) is 0 Å². The zero-order chi connectivity index (χ0) is 8.81. The Morgan fingerprint density at radius 3 is 1.67 bits per heavy atom. The van der Waals surface area contributed by atoms with Crippen molar-refractivity contribution >= 4 is 12.5 Å². The molecule has 0 aromatic heterocycles. The van der Waals surface area contributed by atoms with Crippen LogP contribution in [0.5, 0.6) is 0 Å². The number of hydrogen-bond acceptors (Lipinski definition) is 2. The van der Waals surface area contributed by atoms with E-state index in [4.69, 9.17) is 9.47 Å². The van der Waals surface area contributed by atoms with Gasteiger partial charge in [0.2, 0.25) is 0 Å². The van der Waals surface area contributed by atoms with Crippen LogP contribution in [0.3, 0.4) is 0 Å². The van der Waals surface area contributed by atoms with Crippen molar-refractivity contribution in [2.24, 2.45) is 0 Å². The highest BCUT2D eigenvalue weighted by Gasteiger charge is 1.82. The van der Waals surface area contributed by atoms with E-state index < -0.39 is 0 Å². The predicted octanol–water partition coefficient (Wildman–Crippen LogP) is 0.455. The summed E-state index contributed by atoms with van der Waals surface area (Å²) >= 11 is 0. The molecule has 0 heterocycles. The van der Waals surface area contributed by atoms with E-state index in [0.717, 1.165) is 10.4 Å². The molecule has 1 rings (SSSR count). The minimum Gasteiger partial charge on any atom is -0.504 e. The SMILES string of the molecule is COC=c1ccccc1=COC. The van der Waals surface area contributed by atoms with Gasteiger partial charge >= 0.3 is 0 Å². The van der Waals surface area contributed by atoms with Crippen LogP contribution >= 0.6 is 0 Å². The molecule has 0 aliphatic heterocycles. The van der Waals surface area contributed by atoms with E-state index in [9.17, 15) is 0 Å². The molecule has 0 aliphatic rings. The minimum atomic E-state index is 1.02.